The number of H-pyrrole nitrogens is 3. The summed E-state index contributed by atoms with van der Waals surface area (Å²) in [5, 5.41) is 8.38. The number of carbonyl (C=O) groups is 1. The Labute approximate surface area is 180 Å². The molecule has 10 heteroatoms. The third kappa shape index (κ3) is 4.03. The second-order valence-corrected chi connectivity index (χ2v) is 7.32. The number of aryl methyl sites for hydroxylation is 1. The van der Waals surface area contributed by atoms with Crippen LogP contribution in [-0.2, 0) is 11.3 Å². The zero-order chi connectivity index (χ0) is 22.8. The van der Waals surface area contributed by atoms with Crippen LogP contribution in [0.3, 0.4) is 0 Å². The molecular weight excluding hydrogens is 412 g/mol. The van der Waals surface area contributed by atoms with Crippen LogP contribution in [0.4, 0.5) is 0 Å². The number of nitrogens with one attached hydrogen (secondary N) is 3. The highest BCUT2D eigenvalue weighted by Crippen LogP contribution is 2.29. The van der Waals surface area contributed by atoms with Crippen molar-refractivity contribution in [1.29, 1.82) is 0 Å². The lowest BCUT2D eigenvalue weighted by Crippen LogP contribution is -2.11. The molecule has 3 heterocycles. The summed E-state index contributed by atoms with van der Waals surface area (Å²) < 4.78 is 2.11. The van der Waals surface area contributed by atoms with E-state index >= 15 is 0 Å². The Morgan fingerprint density at radius 2 is 1.78 bits per heavy atom. The minimum atomic E-state index is -0.833. The fourth-order valence-electron chi connectivity index (χ4n) is 3.68. The third-order valence-electron chi connectivity index (χ3n) is 4.97. The molecule has 0 unspecified atom stereocenters. The van der Waals surface area contributed by atoms with Gasteiger partial charge in [-0.3, -0.25) is 9.59 Å². The van der Waals surface area contributed by atoms with Crippen LogP contribution < -0.4 is 17.0 Å². The van der Waals surface area contributed by atoms with Crippen LogP contribution in [-0.4, -0.2) is 42.1 Å². The van der Waals surface area contributed by atoms with Gasteiger partial charge in [0.2, 0.25) is 0 Å². The summed E-state index contributed by atoms with van der Waals surface area (Å²) in [5.74, 6) is -0.833. The van der Waals surface area contributed by atoms with Gasteiger partial charge in [0.25, 0.3) is 11.5 Å². The first-order valence-electron chi connectivity index (χ1n) is 10.0. The number of fused-ring (bicyclic) bond motifs is 3. The maximum atomic E-state index is 12.8. The average molecular weight is 434 g/mol. The number of hydrogen-bond acceptors (Lipinski definition) is 5. The molecule has 0 fully saturated rings. The normalized spacial score (nSPS) is 11.1. The maximum Gasteiger partial charge on any atom is 0.323 e. The van der Waals surface area contributed by atoms with Gasteiger partial charge >= 0.3 is 5.69 Å². The number of nitrogens with two attached hydrogens (primary N) is 1. The highest BCUT2D eigenvalue weighted by atomic mass is 16.4. The first-order chi connectivity index (χ1) is 15.4. The highest BCUT2D eigenvalue weighted by molar-refractivity contribution is 5.97. The fraction of sp³-hybridized carbons (Fsp3) is 0.182. The van der Waals surface area contributed by atoms with Gasteiger partial charge in [-0.1, -0.05) is 18.2 Å². The van der Waals surface area contributed by atoms with Gasteiger partial charge < -0.3 is 30.4 Å². The molecule has 0 radical (unpaired) electrons. The molecule has 0 aliphatic carbocycles. The van der Waals surface area contributed by atoms with Gasteiger partial charge in [0.05, 0.1) is 22.1 Å². The number of para-hydroxylation sites is 1. The van der Waals surface area contributed by atoms with E-state index in [0.717, 1.165) is 36.4 Å². The Morgan fingerprint density at radius 1 is 1.09 bits per heavy atom. The van der Waals surface area contributed by atoms with E-state index in [9.17, 15) is 9.59 Å². The minimum Gasteiger partial charge on any atom is -0.481 e. The van der Waals surface area contributed by atoms with Crippen molar-refractivity contribution in [1.82, 2.24) is 24.5 Å². The monoisotopic (exact) mass is 434 g/mol. The van der Waals surface area contributed by atoms with Gasteiger partial charge in [-0.15, -0.1) is 0 Å². The molecule has 2 aromatic carbocycles. The zero-order valence-electron chi connectivity index (χ0n) is 17.3. The maximum absolute atomic E-state index is 12.8. The molecule has 32 heavy (non-hydrogen) atoms. The number of benzene rings is 2. The molecule has 5 rings (SSSR count). The number of aromatic nitrogens is 5. The van der Waals surface area contributed by atoms with Gasteiger partial charge in [0, 0.05) is 36.1 Å². The molecule has 0 bridgehead atoms. The lowest BCUT2D eigenvalue weighted by Gasteiger charge is -2.03. The van der Waals surface area contributed by atoms with E-state index in [0.29, 0.717) is 34.3 Å². The van der Waals surface area contributed by atoms with E-state index in [-0.39, 0.29) is 11.2 Å². The number of hydrogen-bond donors (Lipinski definition) is 5. The quantitative estimate of drug-likeness (QED) is 0.291. The molecule has 0 saturated heterocycles. The predicted octanol–water partition coefficient (Wildman–Crippen LogP) is 2.15. The summed E-state index contributed by atoms with van der Waals surface area (Å²) in [6, 6.07) is 11.4. The van der Waals surface area contributed by atoms with Crippen LogP contribution in [0.5, 0.6) is 0 Å². The van der Waals surface area contributed by atoms with Crippen molar-refractivity contribution >= 4 is 38.9 Å². The topological polar surface area (TPSA) is 163 Å². The second-order valence-electron chi connectivity index (χ2n) is 7.32. The number of carboxylic acids is 1. The van der Waals surface area contributed by atoms with E-state index in [1.54, 1.807) is 12.1 Å². The number of carboxylic acid groups (broad SMARTS) is 1. The number of aromatic amines is 3. The highest BCUT2D eigenvalue weighted by Gasteiger charge is 2.15. The molecule has 6 N–H and O–H groups in total. The van der Waals surface area contributed by atoms with E-state index in [1.807, 2.05) is 30.5 Å². The van der Waals surface area contributed by atoms with E-state index in [2.05, 4.69) is 24.5 Å². The summed E-state index contributed by atoms with van der Waals surface area (Å²) in [5.41, 5.74) is 9.72. The van der Waals surface area contributed by atoms with Crippen molar-refractivity contribution in [3.8, 4) is 11.3 Å². The summed E-state index contributed by atoms with van der Waals surface area (Å²) in [4.78, 5) is 46.3. The van der Waals surface area contributed by atoms with Gasteiger partial charge in [-0.25, -0.2) is 9.78 Å². The summed E-state index contributed by atoms with van der Waals surface area (Å²) in [6.45, 7) is 2.45. The van der Waals surface area contributed by atoms with Gasteiger partial charge in [-0.05, 0) is 31.2 Å². The van der Waals surface area contributed by atoms with Crippen LogP contribution in [0.15, 0.2) is 52.2 Å². The SMILES string of the molecule is CC(=O)O.NCCCn1cc(-c2nc3cc4[nH]c(=O)[nH]c4cc3[nH]c2=O)c2ccccc21. The standard InChI is InChI=1S/C20H18N6O2.C2H4O2/c21-6-3-7-26-10-12(11-4-1-2-5-17(11)26)18-19(27)23-14-9-16-15(8-13(14)22-18)24-20(28)25-16;1-2(3)4/h1-2,4-5,8-10H,3,6-7,21H2,(H,23,27)(H2,24,25,28);1H3,(H,3,4). The second kappa shape index (κ2) is 8.52. The Bertz CT molecular complexity index is 1550. The number of aliphatic carboxylic acids is 1. The smallest absolute Gasteiger partial charge is 0.323 e. The Hall–Kier alpha value is -4.18. The summed E-state index contributed by atoms with van der Waals surface area (Å²) in [6.07, 6.45) is 2.80. The number of nitrogens with zero attached hydrogens (tertiary/aromatic N) is 2. The molecule has 10 nitrogen and oxygen atoms in total. The van der Waals surface area contributed by atoms with Crippen molar-refractivity contribution in [3.05, 3.63) is 63.4 Å². The van der Waals surface area contributed by atoms with Crippen molar-refractivity contribution in [2.45, 2.75) is 19.9 Å². The van der Waals surface area contributed by atoms with Crippen LogP contribution in [0.2, 0.25) is 0 Å². The van der Waals surface area contributed by atoms with Gasteiger partial charge in [-0.2, -0.15) is 0 Å². The van der Waals surface area contributed by atoms with Crippen molar-refractivity contribution in [2.75, 3.05) is 6.54 Å². The van der Waals surface area contributed by atoms with Crippen LogP contribution in [0.1, 0.15) is 13.3 Å². The minimum absolute atomic E-state index is 0.272. The molecule has 5 aromatic rings. The van der Waals surface area contributed by atoms with Crippen molar-refractivity contribution < 1.29 is 9.90 Å². The molecule has 0 aliphatic rings. The van der Waals surface area contributed by atoms with E-state index in [1.165, 1.54) is 0 Å². The average Bonchev–Trinajstić information content (AvgIpc) is 3.29. The first kappa shape index (κ1) is 21.1. The molecular formula is C22H22N6O4. The summed E-state index contributed by atoms with van der Waals surface area (Å²) >= 11 is 0. The lowest BCUT2D eigenvalue weighted by molar-refractivity contribution is -0.134. The number of rotatable bonds is 4. The Morgan fingerprint density at radius 3 is 2.50 bits per heavy atom. The Balaban J connectivity index is 0.000000567. The fourth-order valence-corrected chi connectivity index (χ4v) is 3.68. The summed E-state index contributed by atoms with van der Waals surface area (Å²) in [7, 11) is 0. The van der Waals surface area contributed by atoms with Crippen LogP contribution in [0.25, 0.3) is 44.2 Å². The van der Waals surface area contributed by atoms with Crippen molar-refractivity contribution in [3.63, 3.8) is 0 Å². The molecule has 3 aromatic heterocycles. The molecule has 164 valence electrons. The first-order valence-corrected chi connectivity index (χ1v) is 10.0. The van der Waals surface area contributed by atoms with Gasteiger partial charge in [0.1, 0.15) is 5.69 Å². The van der Waals surface area contributed by atoms with E-state index < -0.39 is 5.97 Å². The molecule has 0 saturated carbocycles. The third-order valence-corrected chi connectivity index (χ3v) is 4.97. The largest absolute Gasteiger partial charge is 0.481 e. The predicted molar refractivity (Wildman–Crippen MR) is 123 cm³/mol. The van der Waals surface area contributed by atoms with E-state index in [4.69, 9.17) is 15.6 Å². The van der Waals surface area contributed by atoms with Crippen LogP contribution >= 0.6 is 0 Å². The Kier molecular flexibility index (Phi) is 5.61. The molecule has 0 spiro atoms. The zero-order valence-corrected chi connectivity index (χ0v) is 17.3. The van der Waals surface area contributed by atoms with Gasteiger partial charge in [0.15, 0.2) is 0 Å². The van der Waals surface area contributed by atoms with Crippen LogP contribution in [0, 0.1) is 0 Å². The molecule has 0 atom stereocenters. The molecule has 0 amide bonds. The molecule has 0 aliphatic heterocycles. The lowest BCUT2D eigenvalue weighted by atomic mass is 10.1. The number of imidazole rings is 1. The van der Waals surface area contributed by atoms with Crippen molar-refractivity contribution in [2.24, 2.45) is 5.73 Å².